The third-order valence-electron chi connectivity index (χ3n) is 5.68. The Morgan fingerprint density at radius 2 is 1.15 bits per heavy atom. The molecular weight excluding hydrogens is 456 g/mol. The fourth-order valence-electron chi connectivity index (χ4n) is 3.70. The van der Waals surface area contributed by atoms with Gasteiger partial charge in [0.05, 0.1) is 25.4 Å². The topological polar surface area (TPSA) is 209 Å². The molecule has 0 spiro atoms. The zero-order valence-electron chi connectivity index (χ0n) is 18.6. The molecule has 0 saturated carbocycles. The molecule has 4 heterocycles. The molecule has 6 N–H and O–H groups in total. The van der Waals surface area contributed by atoms with Gasteiger partial charge < -0.3 is 29.9 Å². The number of nitrogens with zero attached hydrogens (tertiary/aromatic N) is 2. The minimum atomic E-state index is -0.816. The van der Waals surface area contributed by atoms with E-state index in [1.54, 1.807) is 13.8 Å². The summed E-state index contributed by atoms with van der Waals surface area (Å²) in [6, 6.07) is 0. The summed E-state index contributed by atoms with van der Waals surface area (Å²) in [6.45, 7) is 2.52. The lowest BCUT2D eigenvalue weighted by Gasteiger charge is -2.14. The van der Waals surface area contributed by atoms with Gasteiger partial charge in [0, 0.05) is 36.4 Å². The molecule has 0 amide bonds. The van der Waals surface area contributed by atoms with Gasteiger partial charge in [-0.1, -0.05) is 0 Å². The number of hydrogen-bond donors (Lipinski definition) is 6. The van der Waals surface area contributed by atoms with E-state index in [-0.39, 0.29) is 26.1 Å². The molecule has 188 valence electrons. The molecule has 0 aliphatic carbocycles. The molecule has 14 heteroatoms. The van der Waals surface area contributed by atoms with Crippen LogP contribution in [0.5, 0.6) is 0 Å². The van der Waals surface area contributed by atoms with Crippen LogP contribution in [-0.4, -0.2) is 77.2 Å². The van der Waals surface area contributed by atoms with Crippen LogP contribution >= 0.6 is 0 Å². The Hall–Kier alpha value is -2.88. The molecule has 2 aromatic rings. The van der Waals surface area contributed by atoms with Gasteiger partial charge in [-0.25, -0.2) is 9.59 Å². The smallest absolute Gasteiger partial charge is 0.330 e. The summed E-state index contributed by atoms with van der Waals surface area (Å²) in [5.41, 5.74) is -1.29. The first-order chi connectivity index (χ1) is 16.0. The van der Waals surface area contributed by atoms with E-state index in [9.17, 15) is 29.4 Å². The van der Waals surface area contributed by atoms with Gasteiger partial charge in [-0.05, 0) is 13.8 Å². The summed E-state index contributed by atoms with van der Waals surface area (Å²) in [6.07, 6.45) is -1.16. The quantitative estimate of drug-likeness (QED) is 0.258. The number of aromatic nitrogens is 4. The van der Waals surface area contributed by atoms with Crippen LogP contribution in [0.4, 0.5) is 0 Å². The van der Waals surface area contributed by atoms with Gasteiger partial charge in [0.15, 0.2) is 0 Å². The van der Waals surface area contributed by atoms with Crippen LogP contribution in [0.1, 0.15) is 36.4 Å². The summed E-state index contributed by atoms with van der Waals surface area (Å²) < 4.78 is 13.1. The van der Waals surface area contributed by atoms with Gasteiger partial charge in [-0.3, -0.25) is 28.7 Å². The van der Waals surface area contributed by atoms with Gasteiger partial charge in [0.1, 0.15) is 24.7 Å². The van der Waals surface area contributed by atoms with E-state index in [0.717, 1.165) is 0 Å². The molecule has 2 aromatic heterocycles. The zero-order chi connectivity index (χ0) is 25.2. The normalized spacial score (nSPS) is 28.5. The summed E-state index contributed by atoms with van der Waals surface area (Å²) in [5, 5.41) is 37.0. The molecule has 2 aliphatic rings. The van der Waals surface area contributed by atoms with Crippen LogP contribution in [0.3, 0.4) is 0 Å². The van der Waals surface area contributed by atoms with Crippen molar-refractivity contribution in [3.63, 3.8) is 0 Å². The number of aliphatic hydroxyl groups is 4. The largest absolute Gasteiger partial charge is 0.394 e. The SMILES string of the molecule is Cc1cn(C2CC(O)C(CO)O2)c(=O)[nH]c1=O.Cc1cn(C2CC(O)C(CO)O2)c(=O)[nH]c1=O. The highest BCUT2D eigenvalue weighted by Crippen LogP contribution is 2.28. The number of hydrogen-bond acceptors (Lipinski definition) is 10. The first-order valence-corrected chi connectivity index (χ1v) is 10.6. The van der Waals surface area contributed by atoms with Gasteiger partial charge in [-0.15, -0.1) is 0 Å². The van der Waals surface area contributed by atoms with Crippen LogP contribution in [-0.2, 0) is 9.47 Å². The second-order valence-electron chi connectivity index (χ2n) is 8.19. The fraction of sp³-hybridized carbons (Fsp3) is 0.600. The van der Waals surface area contributed by atoms with Crippen molar-refractivity contribution >= 4 is 0 Å². The van der Waals surface area contributed by atoms with Crippen molar-refractivity contribution < 1.29 is 29.9 Å². The average molecular weight is 484 g/mol. The molecule has 34 heavy (non-hydrogen) atoms. The monoisotopic (exact) mass is 484 g/mol. The third kappa shape index (κ3) is 5.43. The van der Waals surface area contributed by atoms with Gasteiger partial charge >= 0.3 is 11.4 Å². The van der Waals surface area contributed by atoms with E-state index in [4.69, 9.17) is 19.7 Å². The maximum Gasteiger partial charge on any atom is 0.330 e. The second kappa shape index (κ2) is 10.6. The van der Waals surface area contributed by atoms with Crippen LogP contribution in [0, 0.1) is 13.8 Å². The highest BCUT2D eigenvalue weighted by Gasteiger charge is 2.36. The molecular formula is C20H28N4O10. The van der Waals surface area contributed by atoms with Crippen LogP contribution < -0.4 is 22.5 Å². The van der Waals surface area contributed by atoms with E-state index in [0.29, 0.717) is 11.1 Å². The number of H-pyrrole nitrogens is 2. The zero-order valence-corrected chi connectivity index (χ0v) is 18.6. The Bertz CT molecular complexity index is 1140. The lowest BCUT2D eigenvalue weighted by Crippen LogP contribution is -2.33. The number of rotatable bonds is 4. The summed E-state index contributed by atoms with van der Waals surface area (Å²) in [7, 11) is 0. The molecule has 14 nitrogen and oxygen atoms in total. The molecule has 2 aliphatic heterocycles. The van der Waals surface area contributed by atoms with E-state index in [1.807, 2.05) is 0 Å². The molecule has 0 bridgehead atoms. The number of nitrogens with one attached hydrogen (secondary N) is 2. The molecule has 6 atom stereocenters. The van der Waals surface area contributed by atoms with Gasteiger partial charge in [0.25, 0.3) is 11.1 Å². The van der Waals surface area contributed by atoms with Crippen molar-refractivity contribution in [3.05, 3.63) is 65.2 Å². The highest BCUT2D eigenvalue weighted by atomic mass is 16.5. The van der Waals surface area contributed by atoms with Gasteiger partial charge in [0.2, 0.25) is 0 Å². The van der Waals surface area contributed by atoms with Crippen molar-refractivity contribution in [2.45, 2.75) is 63.6 Å². The van der Waals surface area contributed by atoms with Crippen molar-refractivity contribution in [1.82, 2.24) is 19.1 Å². The Morgan fingerprint density at radius 3 is 1.44 bits per heavy atom. The minimum Gasteiger partial charge on any atom is -0.394 e. The number of aliphatic hydroxyl groups excluding tert-OH is 4. The summed E-state index contributed by atoms with van der Waals surface area (Å²) in [5.74, 6) is 0. The summed E-state index contributed by atoms with van der Waals surface area (Å²) >= 11 is 0. The molecule has 0 radical (unpaired) electrons. The third-order valence-corrected chi connectivity index (χ3v) is 5.68. The van der Waals surface area contributed by atoms with Crippen LogP contribution in [0.2, 0.25) is 0 Å². The predicted molar refractivity (Wildman–Crippen MR) is 115 cm³/mol. The van der Waals surface area contributed by atoms with Crippen LogP contribution in [0.15, 0.2) is 31.6 Å². The Morgan fingerprint density at radius 1 is 0.794 bits per heavy atom. The second-order valence-corrected chi connectivity index (χ2v) is 8.19. The number of aromatic amines is 2. The Balaban J connectivity index is 0.000000191. The molecule has 2 fully saturated rings. The number of aryl methyl sites for hydroxylation is 2. The molecule has 0 aromatic carbocycles. The maximum atomic E-state index is 11.6. The lowest BCUT2D eigenvalue weighted by atomic mass is 10.2. The Labute approximate surface area is 191 Å². The van der Waals surface area contributed by atoms with E-state index >= 15 is 0 Å². The predicted octanol–water partition coefficient (Wildman–Crippen LogP) is -3.03. The van der Waals surface area contributed by atoms with E-state index in [2.05, 4.69) is 9.97 Å². The van der Waals surface area contributed by atoms with Crippen molar-refractivity contribution in [2.24, 2.45) is 0 Å². The van der Waals surface area contributed by atoms with E-state index in [1.165, 1.54) is 21.5 Å². The van der Waals surface area contributed by atoms with Crippen LogP contribution in [0.25, 0.3) is 0 Å². The lowest BCUT2D eigenvalue weighted by molar-refractivity contribution is -0.0459. The highest BCUT2D eigenvalue weighted by molar-refractivity contribution is 5.03. The maximum absolute atomic E-state index is 11.6. The first-order valence-electron chi connectivity index (χ1n) is 10.6. The Kier molecular flexibility index (Phi) is 8.01. The van der Waals surface area contributed by atoms with Crippen molar-refractivity contribution in [3.8, 4) is 0 Å². The number of ether oxygens (including phenoxy) is 2. The van der Waals surface area contributed by atoms with Crippen molar-refractivity contribution in [1.29, 1.82) is 0 Å². The fourth-order valence-corrected chi connectivity index (χ4v) is 3.70. The van der Waals surface area contributed by atoms with E-state index < -0.39 is 59.4 Å². The minimum absolute atomic E-state index is 0.205. The average Bonchev–Trinajstić information content (AvgIpc) is 3.35. The first kappa shape index (κ1) is 25.7. The standard InChI is InChI=1S/2C10H14N2O5/c2*1-5-3-12(10(16)11-9(5)15)8-2-6(14)7(4-13)17-8/h2*3,6-8,13-14H,2,4H2,1H3,(H,11,15,16). The van der Waals surface area contributed by atoms with Gasteiger partial charge in [-0.2, -0.15) is 0 Å². The van der Waals surface area contributed by atoms with Crippen molar-refractivity contribution in [2.75, 3.05) is 13.2 Å². The molecule has 6 unspecified atom stereocenters. The summed E-state index contributed by atoms with van der Waals surface area (Å²) in [4.78, 5) is 49.8. The molecule has 4 rings (SSSR count). The molecule has 2 saturated heterocycles.